The Morgan fingerprint density at radius 3 is 2.80 bits per heavy atom. The summed E-state index contributed by atoms with van der Waals surface area (Å²) in [6.45, 7) is 7.99. The van der Waals surface area contributed by atoms with Crippen LogP contribution in [0.25, 0.3) is 10.9 Å². The Morgan fingerprint density at radius 2 is 2.07 bits per heavy atom. The summed E-state index contributed by atoms with van der Waals surface area (Å²) in [5.41, 5.74) is 4.75. The average Bonchev–Trinajstić information content (AvgIpc) is 2.20. The summed E-state index contributed by atoms with van der Waals surface area (Å²) >= 11 is 0. The zero-order chi connectivity index (χ0) is 10.8. The van der Waals surface area contributed by atoms with E-state index in [1.807, 2.05) is 6.08 Å². The number of aryl methyl sites for hydroxylation is 2. The van der Waals surface area contributed by atoms with Crippen molar-refractivity contribution in [1.82, 2.24) is 4.98 Å². The van der Waals surface area contributed by atoms with Gasteiger partial charge in [0.05, 0.1) is 5.52 Å². The highest BCUT2D eigenvalue weighted by molar-refractivity contribution is 5.84. The molecule has 0 aliphatic carbocycles. The largest absolute Gasteiger partial charge is 0.252 e. The fourth-order valence-electron chi connectivity index (χ4n) is 1.88. The monoisotopic (exact) mass is 197 g/mol. The zero-order valence-corrected chi connectivity index (χ0v) is 9.25. The molecule has 1 aromatic heterocycles. The summed E-state index contributed by atoms with van der Waals surface area (Å²) < 4.78 is 0. The lowest BCUT2D eigenvalue weighted by Crippen LogP contribution is -1.93. The molecule has 2 aromatic rings. The molecule has 1 heterocycles. The van der Waals surface area contributed by atoms with E-state index in [1.54, 1.807) is 0 Å². The zero-order valence-electron chi connectivity index (χ0n) is 9.25. The first-order valence-electron chi connectivity index (χ1n) is 5.19. The van der Waals surface area contributed by atoms with Crippen LogP contribution in [0.5, 0.6) is 0 Å². The number of nitrogens with zero attached hydrogens (tertiary/aromatic N) is 1. The minimum Gasteiger partial charge on any atom is -0.252 e. The van der Waals surface area contributed by atoms with Crippen LogP contribution in [0.2, 0.25) is 0 Å². The molecule has 2 rings (SSSR count). The van der Waals surface area contributed by atoms with E-state index in [0.29, 0.717) is 0 Å². The van der Waals surface area contributed by atoms with Crippen LogP contribution in [0.3, 0.4) is 0 Å². The molecule has 0 amide bonds. The second kappa shape index (κ2) is 3.85. The maximum Gasteiger partial charge on any atom is 0.0737 e. The van der Waals surface area contributed by atoms with Gasteiger partial charge in [-0.15, -0.1) is 6.58 Å². The first-order chi connectivity index (χ1) is 7.22. The van der Waals surface area contributed by atoms with Crippen molar-refractivity contribution in [3.63, 3.8) is 0 Å². The van der Waals surface area contributed by atoms with E-state index in [9.17, 15) is 0 Å². The first kappa shape index (κ1) is 9.91. The number of hydrogen-bond acceptors (Lipinski definition) is 1. The van der Waals surface area contributed by atoms with Gasteiger partial charge in [-0.3, -0.25) is 4.98 Å². The van der Waals surface area contributed by atoms with E-state index in [1.165, 1.54) is 16.5 Å². The highest BCUT2D eigenvalue weighted by atomic mass is 14.7. The number of fused-ring (bicyclic) bond motifs is 1. The summed E-state index contributed by atoms with van der Waals surface area (Å²) in [5, 5.41) is 1.25. The maximum absolute atomic E-state index is 4.65. The van der Waals surface area contributed by atoms with Gasteiger partial charge in [-0.05, 0) is 31.0 Å². The molecule has 0 N–H and O–H groups in total. The lowest BCUT2D eigenvalue weighted by atomic mass is 10.0. The van der Waals surface area contributed by atoms with Crippen molar-refractivity contribution >= 4 is 10.9 Å². The third-order valence-electron chi connectivity index (χ3n) is 2.65. The molecule has 0 aliphatic rings. The molecule has 0 saturated heterocycles. The molecule has 1 aromatic carbocycles. The molecule has 0 atom stereocenters. The van der Waals surface area contributed by atoms with E-state index >= 15 is 0 Å². The second-order valence-corrected chi connectivity index (χ2v) is 3.89. The summed E-state index contributed by atoms with van der Waals surface area (Å²) in [6, 6.07) is 8.46. The Balaban J connectivity index is 2.73. The number of benzene rings is 1. The Bertz CT molecular complexity index is 512. The molecule has 0 radical (unpaired) electrons. The Morgan fingerprint density at radius 1 is 1.27 bits per heavy atom. The van der Waals surface area contributed by atoms with E-state index in [4.69, 9.17) is 0 Å². The molecule has 0 aliphatic heterocycles. The van der Waals surface area contributed by atoms with Crippen molar-refractivity contribution in [3.8, 4) is 0 Å². The fraction of sp³-hybridized carbons (Fsp3) is 0.214. The van der Waals surface area contributed by atoms with Gasteiger partial charge in [-0.2, -0.15) is 0 Å². The van der Waals surface area contributed by atoms with Crippen LogP contribution in [0.1, 0.15) is 16.8 Å². The van der Waals surface area contributed by atoms with Crippen molar-refractivity contribution in [2.45, 2.75) is 20.3 Å². The van der Waals surface area contributed by atoms with E-state index in [-0.39, 0.29) is 0 Å². The minimum atomic E-state index is 0.838. The van der Waals surface area contributed by atoms with Gasteiger partial charge < -0.3 is 0 Å². The molecule has 0 saturated carbocycles. The maximum atomic E-state index is 4.65. The number of rotatable bonds is 2. The smallest absolute Gasteiger partial charge is 0.0737 e. The summed E-state index contributed by atoms with van der Waals surface area (Å²) in [5.74, 6) is 0. The van der Waals surface area contributed by atoms with Crippen molar-refractivity contribution in [2.75, 3.05) is 0 Å². The highest BCUT2D eigenvalue weighted by Crippen LogP contribution is 2.20. The number of pyridine rings is 1. The summed E-state index contributed by atoms with van der Waals surface area (Å²) in [6.07, 6.45) is 2.73. The van der Waals surface area contributed by atoms with Gasteiger partial charge in [-0.1, -0.05) is 24.3 Å². The van der Waals surface area contributed by atoms with Crippen LogP contribution in [-0.4, -0.2) is 4.98 Å². The average molecular weight is 197 g/mol. The molecule has 76 valence electrons. The van der Waals surface area contributed by atoms with E-state index < -0.39 is 0 Å². The molecule has 0 bridgehead atoms. The van der Waals surface area contributed by atoms with Gasteiger partial charge in [-0.25, -0.2) is 0 Å². The first-order valence-corrected chi connectivity index (χ1v) is 5.19. The third kappa shape index (κ3) is 1.78. The van der Waals surface area contributed by atoms with Gasteiger partial charge in [0, 0.05) is 17.5 Å². The molecule has 0 spiro atoms. The molecule has 0 unspecified atom stereocenters. The number of aromatic nitrogens is 1. The van der Waals surface area contributed by atoms with Gasteiger partial charge in [0.2, 0.25) is 0 Å². The fourth-order valence-corrected chi connectivity index (χ4v) is 1.88. The minimum absolute atomic E-state index is 0.838. The van der Waals surface area contributed by atoms with Crippen molar-refractivity contribution < 1.29 is 0 Å². The SMILES string of the molecule is C=CCc1cc(C)c2cccc(C)c2n1. The van der Waals surface area contributed by atoms with Crippen LogP contribution in [0.15, 0.2) is 36.9 Å². The normalized spacial score (nSPS) is 10.5. The van der Waals surface area contributed by atoms with Gasteiger partial charge in [0.25, 0.3) is 0 Å². The van der Waals surface area contributed by atoms with Crippen molar-refractivity contribution in [3.05, 3.63) is 53.7 Å². The van der Waals surface area contributed by atoms with Crippen molar-refractivity contribution in [1.29, 1.82) is 0 Å². The van der Waals surface area contributed by atoms with Crippen LogP contribution < -0.4 is 0 Å². The lowest BCUT2D eigenvalue weighted by Gasteiger charge is -2.06. The van der Waals surface area contributed by atoms with Crippen LogP contribution >= 0.6 is 0 Å². The molecule has 15 heavy (non-hydrogen) atoms. The number of hydrogen-bond donors (Lipinski definition) is 0. The summed E-state index contributed by atoms with van der Waals surface area (Å²) in [7, 11) is 0. The third-order valence-corrected chi connectivity index (χ3v) is 2.65. The predicted octanol–water partition coefficient (Wildman–Crippen LogP) is 3.58. The molecular weight excluding hydrogens is 182 g/mol. The predicted molar refractivity (Wildman–Crippen MR) is 65.1 cm³/mol. The number of para-hydroxylation sites is 1. The lowest BCUT2D eigenvalue weighted by molar-refractivity contribution is 1.13. The molecule has 1 nitrogen and oxygen atoms in total. The Labute approximate surface area is 90.5 Å². The van der Waals surface area contributed by atoms with Crippen LogP contribution in [-0.2, 0) is 6.42 Å². The van der Waals surface area contributed by atoms with Gasteiger partial charge in [0.1, 0.15) is 0 Å². The standard InChI is InChI=1S/C14H15N/c1-4-6-12-9-11(3)13-8-5-7-10(2)14(13)15-12/h4-5,7-9H,1,6H2,2-3H3. The number of allylic oxidation sites excluding steroid dienone is 1. The van der Waals surface area contributed by atoms with Crippen molar-refractivity contribution in [2.24, 2.45) is 0 Å². The molecule has 1 heteroatoms. The van der Waals surface area contributed by atoms with E-state index in [0.717, 1.165) is 17.6 Å². The topological polar surface area (TPSA) is 12.9 Å². The quantitative estimate of drug-likeness (QED) is 0.670. The Hall–Kier alpha value is -1.63. The highest BCUT2D eigenvalue weighted by Gasteiger charge is 2.03. The van der Waals surface area contributed by atoms with Crippen LogP contribution in [0.4, 0.5) is 0 Å². The Kier molecular flexibility index (Phi) is 2.55. The second-order valence-electron chi connectivity index (χ2n) is 3.89. The summed E-state index contributed by atoms with van der Waals surface area (Å²) in [4.78, 5) is 4.65. The van der Waals surface area contributed by atoms with Gasteiger partial charge >= 0.3 is 0 Å². The van der Waals surface area contributed by atoms with Gasteiger partial charge in [0.15, 0.2) is 0 Å². The molecular formula is C14H15N. The van der Waals surface area contributed by atoms with E-state index in [2.05, 4.69) is 49.7 Å². The molecule has 0 fully saturated rings. The van der Waals surface area contributed by atoms with Crippen LogP contribution in [0, 0.1) is 13.8 Å².